The number of nitrogens with one attached hydrogen (secondary N) is 1. The van der Waals surface area contributed by atoms with Crippen LogP contribution >= 0.6 is 11.6 Å². The summed E-state index contributed by atoms with van der Waals surface area (Å²) >= 11 is 6.14. The summed E-state index contributed by atoms with van der Waals surface area (Å²) in [7, 11) is 0. The molecule has 0 spiro atoms. The van der Waals surface area contributed by atoms with Gasteiger partial charge in [0.25, 0.3) is 0 Å². The minimum Gasteiger partial charge on any atom is -0.366 e. The van der Waals surface area contributed by atoms with Gasteiger partial charge in [0.05, 0.1) is 0 Å². The lowest BCUT2D eigenvalue weighted by Gasteiger charge is -2.11. The summed E-state index contributed by atoms with van der Waals surface area (Å²) < 4.78 is 0. The van der Waals surface area contributed by atoms with Gasteiger partial charge in [0, 0.05) is 23.9 Å². The first-order valence-electron chi connectivity index (χ1n) is 7.68. The summed E-state index contributed by atoms with van der Waals surface area (Å²) in [6.45, 7) is 0. The molecule has 0 aliphatic heterocycles. The molecule has 1 aromatic carbocycles. The fourth-order valence-corrected chi connectivity index (χ4v) is 3.94. The molecule has 1 heterocycles. The van der Waals surface area contributed by atoms with Gasteiger partial charge in [-0.3, -0.25) is 0 Å². The Kier molecular flexibility index (Phi) is 2.40. The van der Waals surface area contributed by atoms with Crippen molar-refractivity contribution in [2.24, 2.45) is 5.92 Å². The number of aromatic nitrogens is 2. The molecule has 2 fully saturated rings. The van der Waals surface area contributed by atoms with Gasteiger partial charge in [0.2, 0.25) is 0 Å². The molecule has 1 aromatic heterocycles. The average molecular weight is 298 g/mol. The predicted molar refractivity (Wildman–Crippen MR) is 82.8 cm³/mol. The minimum atomic E-state index is 0.512. The van der Waals surface area contributed by atoms with Crippen LogP contribution in [0.1, 0.15) is 41.6 Å². The number of hydrogen-bond acceptors (Lipinski definition) is 3. The lowest BCUT2D eigenvalue weighted by Crippen LogP contribution is -2.12. The topological polar surface area (TPSA) is 37.8 Å². The van der Waals surface area contributed by atoms with E-state index in [1.165, 1.54) is 30.4 Å². The highest BCUT2D eigenvalue weighted by Crippen LogP contribution is 2.57. The second-order valence-electron chi connectivity index (χ2n) is 6.47. The van der Waals surface area contributed by atoms with Crippen LogP contribution in [0, 0.1) is 5.92 Å². The Morgan fingerprint density at radius 3 is 2.86 bits per heavy atom. The minimum absolute atomic E-state index is 0.512. The second-order valence-corrected chi connectivity index (χ2v) is 6.86. The van der Waals surface area contributed by atoms with E-state index in [4.69, 9.17) is 11.6 Å². The molecule has 3 atom stereocenters. The van der Waals surface area contributed by atoms with Crippen LogP contribution in [0.2, 0.25) is 5.15 Å². The summed E-state index contributed by atoms with van der Waals surface area (Å²) in [5.41, 5.74) is 3.03. The standard InChI is InChI=1S/C17H16ClN3/c18-13-8-14(21-17(19-13)9-5-6-9)20-16-12-7-10-3-1-2-4-11(10)15(12)16/h1-4,8-9,12,15-16H,5-7H2,(H,19,20,21). The van der Waals surface area contributed by atoms with Crippen LogP contribution in [0.4, 0.5) is 5.82 Å². The van der Waals surface area contributed by atoms with Gasteiger partial charge in [-0.1, -0.05) is 35.9 Å². The Morgan fingerprint density at radius 1 is 1.14 bits per heavy atom. The first-order valence-corrected chi connectivity index (χ1v) is 8.06. The summed E-state index contributed by atoms with van der Waals surface area (Å²) in [5, 5.41) is 4.14. The van der Waals surface area contributed by atoms with Crippen molar-refractivity contribution in [2.45, 2.75) is 37.1 Å². The van der Waals surface area contributed by atoms with Gasteiger partial charge in [0.15, 0.2) is 0 Å². The summed E-state index contributed by atoms with van der Waals surface area (Å²) in [6, 6.07) is 11.2. The zero-order valence-electron chi connectivity index (χ0n) is 11.6. The normalized spacial score (nSPS) is 28.9. The van der Waals surface area contributed by atoms with Gasteiger partial charge in [-0.05, 0) is 36.3 Å². The van der Waals surface area contributed by atoms with Gasteiger partial charge >= 0.3 is 0 Å². The SMILES string of the molecule is Clc1cc(NC2C3Cc4ccccc4C32)nc(C2CC2)n1. The molecular weight excluding hydrogens is 282 g/mol. The predicted octanol–water partition coefficient (Wildman–Crippen LogP) is 3.76. The van der Waals surface area contributed by atoms with E-state index in [0.29, 0.717) is 23.0 Å². The molecule has 2 aromatic rings. The van der Waals surface area contributed by atoms with Crippen molar-refractivity contribution in [2.75, 3.05) is 5.32 Å². The van der Waals surface area contributed by atoms with Crippen LogP contribution < -0.4 is 5.32 Å². The first kappa shape index (κ1) is 12.0. The van der Waals surface area contributed by atoms with Crippen molar-refractivity contribution in [1.29, 1.82) is 0 Å². The number of rotatable bonds is 3. The third-order valence-electron chi connectivity index (χ3n) is 5.01. The van der Waals surface area contributed by atoms with E-state index in [2.05, 4.69) is 39.6 Å². The van der Waals surface area contributed by atoms with Crippen molar-refractivity contribution in [3.63, 3.8) is 0 Å². The third kappa shape index (κ3) is 1.95. The molecule has 21 heavy (non-hydrogen) atoms. The van der Waals surface area contributed by atoms with Gasteiger partial charge < -0.3 is 5.32 Å². The molecule has 106 valence electrons. The number of fused-ring (bicyclic) bond motifs is 3. The maximum Gasteiger partial charge on any atom is 0.135 e. The van der Waals surface area contributed by atoms with E-state index >= 15 is 0 Å². The Bertz CT molecular complexity index is 726. The molecule has 1 N–H and O–H groups in total. The van der Waals surface area contributed by atoms with Crippen LogP contribution in [-0.4, -0.2) is 16.0 Å². The summed E-state index contributed by atoms with van der Waals surface area (Å²) in [4.78, 5) is 9.00. The fourth-order valence-electron chi connectivity index (χ4n) is 3.75. The Morgan fingerprint density at radius 2 is 2.00 bits per heavy atom. The monoisotopic (exact) mass is 297 g/mol. The molecule has 0 radical (unpaired) electrons. The van der Waals surface area contributed by atoms with E-state index in [-0.39, 0.29) is 0 Å². The summed E-state index contributed by atoms with van der Waals surface area (Å²) in [6.07, 6.45) is 3.58. The fraction of sp³-hybridized carbons (Fsp3) is 0.412. The quantitative estimate of drug-likeness (QED) is 0.877. The maximum atomic E-state index is 6.14. The highest BCUT2D eigenvalue weighted by molar-refractivity contribution is 6.29. The van der Waals surface area contributed by atoms with Gasteiger partial charge in [-0.15, -0.1) is 0 Å². The summed E-state index contributed by atoms with van der Waals surface area (Å²) in [5.74, 6) is 3.72. The first-order chi connectivity index (χ1) is 10.3. The molecule has 3 aliphatic carbocycles. The molecule has 0 saturated heterocycles. The molecule has 3 nitrogen and oxygen atoms in total. The average Bonchev–Trinajstić information content (AvgIpc) is 3.37. The Hall–Kier alpha value is -1.61. The number of nitrogens with zero attached hydrogens (tertiary/aromatic N) is 2. The Balaban J connectivity index is 1.38. The number of hydrogen-bond donors (Lipinski definition) is 1. The third-order valence-corrected chi connectivity index (χ3v) is 5.20. The van der Waals surface area contributed by atoms with Crippen LogP contribution in [0.5, 0.6) is 0 Å². The van der Waals surface area contributed by atoms with E-state index in [1.807, 2.05) is 6.07 Å². The Labute approximate surface area is 128 Å². The number of benzene rings is 1. The van der Waals surface area contributed by atoms with Crippen molar-refractivity contribution in [3.8, 4) is 0 Å². The van der Waals surface area contributed by atoms with Crippen molar-refractivity contribution >= 4 is 17.4 Å². The molecule has 3 aliphatic rings. The van der Waals surface area contributed by atoms with Crippen LogP contribution in [-0.2, 0) is 6.42 Å². The van der Waals surface area contributed by atoms with Gasteiger partial charge in [-0.25, -0.2) is 9.97 Å². The number of anilines is 1. The van der Waals surface area contributed by atoms with Gasteiger partial charge in [-0.2, -0.15) is 0 Å². The molecule has 3 unspecified atom stereocenters. The smallest absolute Gasteiger partial charge is 0.135 e. The van der Waals surface area contributed by atoms with Crippen molar-refractivity contribution in [1.82, 2.24) is 9.97 Å². The second kappa shape index (κ2) is 4.20. The van der Waals surface area contributed by atoms with Crippen LogP contribution in [0.25, 0.3) is 0 Å². The molecule has 2 saturated carbocycles. The lowest BCUT2D eigenvalue weighted by atomic mass is 10.1. The van der Waals surface area contributed by atoms with E-state index in [1.54, 1.807) is 0 Å². The van der Waals surface area contributed by atoms with Gasteiger partial charge in [0.1, 0.15) is 16.8 Å². The van der Waals surface area contributed by atoms with Crippen molar-refractivity contribution in [3.05, 3.63) is 52.4 Å². The van der Waals surface area contributed by atoms with Crippen LogP contribution in [0.3, 0.4) is 0 Å². The van der Waals surface area contributed by atoms with E-state index in [0.717, 1.165) is 17.6 Å². The molecular formula is C17H16ClN3. The molecule has 0 bridgehead atoms. The highest BCUT2D eigenvalue weighted by atomic mass is 35.5. The highest BCUT2D eigenvalue weighted by Gasteiger charge is 2.55. The maximum absolute atomic E-state index is 6.14. The molecule has 5 rings (SSSR count). The number of halogens is 1. The largest absolute Gasteiger partial charge is 0.366 e. The van der Waals surface area contributed by atoms with Crippen molar-refractivity contribution < 1.29 is 0 Å². The molecule has 4 heteroatoms. The zero-order valence-corrected chi connectivity index (χ0v) is 12.3. The molecule has 0 amide bonds. The van der Waals surface area contributed by atoms with Crippen LogP contribution in [0.15, 0.2) is 30.3 Å². The zero-order chi connectivity index (χ0) is 14.0. The lowest BCUT2D eigenvalue weighted by molar-refractivity contribution is 0.818. The van der Waals surface area contributed by atoms with E-state index < -0.39 is 0 Å². The van der Waals surface area contributed by atoms with E-state index in [9.17, 15) is 0 Å².